The van der Waals surface area contributed by atoms with Gasteiger partial charge in [0.2, 0.25) is 10.0 Å². The lowest BCUT2D eigenvalue weighted by molar-refractivity contribution is -0.118. The van der Waals surface area contributed by atoms with E-state index < -0.39 is 16.0 Å². The SMILES string of the molecule is COC(=O)c1ccc2c(c1)CN(S(=O)(=O)c1ccc(OC)cc1)CC(=O)C2. The lowest BCUT2D eigenvalue weighted by Crippen LogP contribution is -2.34. The van der Waals surface area contributed by atoms with E-state index in [1.54, 1.807) is 30.3 Å². The first-order chi connectivity index (χ1) is 12.8. The topological polar surface area (TPSA) is 90.0 Å². The molecule has 0 saturated carbocycles. The summed E-state index contributed by atoms with van der Waals surface area (Å²) >= 11 is 0. The average Bonchev–Trinajstić information content (AvgIpc) is 2.85. The highest BCUT2D eigenvalue weighted by molar-refractivity contribution is 7.89. The van der Waals surface area contributed by atoms with E-state index in [2.05, 4.69) is 0 Å². The zero-order chi connectivity index (χ0) is 19.6. The summed E-state index contributed by atoms with van der Waals surface area (Å²) in [5.74, 6) is -0.191. The molecular formula is C19H19NO6S. The smallest absolute Gasteiger partial charge is 0.337 e. The number of methoxy groups -OCH3 is 2. The highest BCUT2D eigenvalue weighted by atomic mass is 32.2. The number of rotatable bonds is 4. The molecular weight excluding hydrogens is 370 g/mol. The Morgan fingerprint density at radius 3 is 2.33 bits per heavy atom. The van der Waals surface area contributed by atoms with Crippen molar-refractivity contribution in [2.24, 2.45) is 0 Å². The number of Topliss-reactive ketones (excluding diaryl/α,β-unsaturated/α-hetero) is 1. The van der Waals surface area contributed by atoms with Crippen LogP contribution < -0.4 is 4.74 Å². The van der Waals surface area contributed by atoms with Gasteiger partial charge in [0, 0.05) is 13.0 Å². The fourth-order valence-electron chi connectivity index (χ4n) is 2.97. The molecule has 0 N–H and O–H groups in total. The zero-order valence-electron chi connectivity index (χ0n) is 15.0. The van der Waals surface area contributed by atoms with Crippen molar-refractivity contribution in [3.63, 3.8) is 0 Å². The van der Waals surface area contributed by atoms with Gasteiger partial charge in [-0.15, -0.1) is 0 Å². The zero-order valence-corrected chi connectivity index (χ0v) is 15.8. The quantitative estimate of drug-likeness (QED) is 0.741. The van der Waals surface area contributed by atoms with E-state index in [-0.39, 0.29) is 30.2 Å². The molecule has 7 nitrogen and oxygen atoms in total. The van der Waals surface area contributed by atoms with E-state index >= 15 is 0 Å². The van der Waals surface area contributed by atoms with Crippen molar-refractivity contribution in [2.75, 3.05) is 20.8 Å². The van der Waals surface area contributed by atoms with Gasteiger partial charge in [0.25, 0.3) is 0 Å². The van der Waals surface area contributed by atoms with E-state index in [9.17, 15) is 18.0 Å². The minimum absolute atomic E-state index is 0.000268. The van der Waals surface area contributed by atoms with Gasteiger partial charge >= 0.3 is 5.97 Å². The first-order valence-electron chi connectivity index (χ1n) is 8.21. The number of carbonyl (C=O) groups excluding carboxylic acids is 2. The molecule has 0 saturated heterocycles. The Bertz CT molecular complexity index is 982. The third kappa shape index (κ3) is 3.86. The second-order valence-electron chi connectivity index (χ2n) is 6.14. The van der Waals surface area contributed by atoms with Gasteiger partial charge in [0.05, 0.1) is 31.2 Å². The van der Waals surface area contributed by atoms with Crippen LogP contribution in [0.25, 0.3) is 0 Å². The molecule has 0 aliphatic carbocycles. The summed E-state index contributed by atoms with van der Waals surface area (Å²) in [5.41, 5.74) is 1.63. The van der Waals surface area contributed by atoms with Crippen LogP contribution in [0.3, 0.4) is 0 Å². The third-order valence-corrected chi connectivity index (χ3v) is 6.22. The van der Waals surface area contributed by atoms with E-state index in [1.807, 2.05) is 0 Å². The Kier molecular flexibility index (Phi) is 5.29. The maximum atomic E-state index is 13.0. The Labute approximate surface area is 157 Å². The maximum Gasteiger partial charge on any atom is 0.337 e. The number of sulfonamides is 1. The van der Waals surface area contributed by atoms with E-state index in [4.69, 9.17) is 9.47 Å². The number of carbonyl (C=O) groups is 2. The largest absolute Gasteiger partial charge is 0.497 e. The van der Waals surface area contributed by atoms with Crippen LogP contribution in [0.4, 0.5) is 0 Å². The average molecular weight is 389 g/mol. The number of ketones is 1. The number of fused-ring (bicyclic) bond motifs is 1. The molecule has 8 heteroatoms. The summed E-state index contributed by atoms with van der Waals surface area (Å²) in [5, 5.41) is 0. The van der Waals surface area contributed by atoms with Crippen molar-refractivity contribution in [1.82, 2.24) is 4.31 Å². The molecule has 1 aliphatic heterocycles. The summed E-state index contributed by atoms with van der Waals surface area (Å²) in [6, 6.07) is 10.8. The summed E-state index contributed by atoms with van der Waals surface area (Å²) in [4.78, 5) is 24.1. The van der Waals surface area contributed by atoms with Crippen LogP contribution >= 0.6 is 0 Å². The van der Waals surface area contributed by atoms with Gasteiger partial charge < -0.3 is 9.47 Å². The van der Waals surface area contributed by atoms with E-state index in [0.717, 1.165) is 4.31 Å². The van der Waals surface area contributed by atoms with Crippen LogP contribution in [0.5, 0.6) is 5.75 Å². The normalized spacial score (nSPS) is 15.0. The molecule has 2 aromatic carbocycles. The van der Waals surface area contributed by atoms with Crippen LogP contribution in [0.2, 0.25) is 0 Å². The predicted octanol–water partition coefficient (Wildman–Crippen LogP) is 1.80. The van der Waals surface area contributed by atoms with Crippen molar-refractivity contribution in [2.45, 2.75) is 17.9 Å². The maximum absolute atomic E-state index is 13.0. The molecule has 0 unspecified atom stereocenters. The highest BCUT2D eigenvalue weighted by Gasteiger charge is 2.30. The third-order valence-electron chi connectivity index (χ3n) is 4.41. The second kappa shape index (κ2) is 7.50. The number of hydrogen-bond donors (Lipinski definition) is 0. The minimum Gasteiger partial charge on any atom is -0.497 e. The molecule has 0 amide bonds. The van der Waals surface area contributed by atoms with Crippen molar-refractivity contribution in [1.29, 1.82) is 0 Å². The summed E-state index contributed by atoms with van der Waals surface area (Å²) in [6.45, 7) is -0.225. The molecule has 0 spiro atoms. The van der Waals surface area contributed by atoms with Crippen LogP contribution in [0, 0.1) is 0 Å². The molecule has 142 valence electrons. The molecule has 1 aliphatic rings. The molecule has 2 aromatic rings. The minimum atomic E-state index is -3.88. The van der Waals surface area contributed by atoms with Crippen LogP contribution in [-0.2, 0) is 32.5 Å². The van der Waals surface area contributed by atoms with Gasteiger partial charge in [-0.1, -0.05) is 6.07 Å². The van der Waals surface area contributed by atoms with Gasteiger partial charge in [0.15, 0.2) is 5.78 Å². The molecule has 27 heavy (non-hydrogen) atoms. The first-order valence-corrected chi connectivity index (χ1v) is 9.65. The fourth-order valence-corrected chi connectivity index (χ4v) is 4.37. The Morgan fingerprint density at radius 1 is 1.00 bits per heavy atom. The predicted molar refractivity (Wildman–Crippen MR) is 97.1 cm³/mol. The highest BCUT2D eigenvalue weighted by Crippen LogP contribution is 2.25. The van der Waals surface area contributed by atoms with Gasteiger partial charge in [-0.05, 0) is 47.5 Å². The van der Waals surface area contributed by atoms with Crippen molar-refractivity contribution >= 4 is 21.8 Å². The van der Waals surface area contributed by atoms with Crippen LogP contribution in [0.1, 0.15) is 21.5 Å². The molecule has 1 heterocycles. The molecule has 0 atom stereocenters. The van der Waals surface area contributed by atoms with Crippen LogP contribution in [-0.4, -0.2) is 45.2 Å². The summed E-state index contributed by atoms with van der Waals surface area (Å²) in [7, 11) is -1.12. The van der Waals surface area contributed by atoms with Crippen molar-refractivity contribution in [3.05, 3.63) is 59.2 Å². The van der Waals surface area contributed by atoms with E-state index in [1.165, 1.54) is 26.4 Å². The Morgan fingerprint density at radius 2 is 1.70 bits per heavy atom. The number of esters is 1. The molecule has 0 aromatic heterocycles. The van der Waals surface area contributed by atoms with Crippen LogP contribution in [0.15, 0.2) is 47.4 Å². The number of benzene rings is 2. The summed E-state index contributed by atoms with van der Waals surface area (Å²) in [6.07, 6.45) is 0.116. The monoisotopic (exact) mass is 389 g/mol. The van der Waals surface area contributed by atoms with Gasteiger partial charge in [-0.2, -0.15) is 4.31 Å². The number of ether oxygens (including phenoxy) is 2. The standard InChI is InChI=1S/C19H19NO6S/c1-25-17-5-7-18(8-6-17)27(23,24)20-11-15-9-14(19(22)26-2)4-3-13(15)10-16(21)12-20/h3-9H,10-12H2,1-2H3. The Hall–Kier alpha value is -2.71. The fraction of sp³-hybridized carbons (Fsp3) is 0.263. The number of nitrogens with zero attached hydrogens (tertiary/aromatic N) is 1. The second-order valence-corrected chi connectivity index (χ2v) is 8.08. The first kappa shape index (κ1) is 19.1. The van der Waals surface area contributed by atoms with E-state index in [0.29, 0.717) is 22.4 Å². The van der Waals surface area contributed by atoms with Gasteiger partial charge in [-0.3, -0.25) is 4.79 Å². The molecule has 0 fully saturated rings. The van der Waals surface area contributed by atoms with Crippen molar-refractivity contribution < 1.29 is 27.5 Å². The molecule has 0 bridgehead atoms. The van der Waals surface area contributed by atoms with Gasteiger partial charge in [0.1, 0.15) is 5.75 Å². The lowest BCUT2D eigenvalue weighted by Gasteiger charge is -2.20. The number of hydrogen-bond acceptors (Lipinski definition) is 6. The van der Waals surface area contributed by atoms with Crippen molar-refractivity contribution in [3.8, 4) is 5.75 Å². The molecule has 3 rings (SSSR count). The Balaban J connectivity index is 1.98. The summed E-state index contributed by atoms with van der Waals surface area (Å²) < 4.78 is 36.9. The molecule has 0 radical (unpaired) electrons. The van der Waals surface area contributed by atoms with Gasteiger partial charge in [-0.25, -0.2) is 13.2 Å². The lowest BCUT2D eigenvalue weighted by atomic mass is 10.0.